The van der Waals surface area contributed by atoms with Crippen LogP contribution in [-0.2, 0) is 12.8 Å². The van der Waals surface area contributed by atoms with E-state index in [2.05, 4.69) is 73.9 Å². The van der Waals surface area contributed by atoms with Crippen molar-refractivity contribution in [3.05, 3.63) is 71.9 Å². The number of para-hydroxylation sites is 1. The molecular weight excluding hydrogens is 322 g/mol. The number of nitrogens with zero attached hydrogens (tertiary/aromatic N) is 4. The summed E-state index contributed by atoms with van der Waals surface area (Å²) in [5.41, 5.74) is 3.95. The van der Waals surface area contributed by atoms with Gasteiger partial charge in [-0.3, -0.25) is 0 Å². The summed E-state index contributed by atoms with van der Waals surface area (Å²) in [6, 6.07) is 19.0. The highest BCUT2D eigenvalue weighted by atomic mass is 15.3. The van der Waals surface area contributed by atoms with Crippen LogP contribution in [0.3, 0.4) is 0 Å². The number of hydrogen-bond acceptors (Lipinski definition) is 5. The molecule has 0 amide bonds. The molecule has 0 unspecified atom stereocenters. The van der Waals surface area contributed by atoms with E-state index in [1.54, 1.807) is 6.20 Å². The Morgan fingerprint density at radius 2 is 1.85 bits per heavy atom. The molecule has 132 valence electrons. The quantitative estimate of drug-likeness (QED) is 0.684. The van der Waals surface area contributed by atoms with Crippen molar-refractivity contribution < 1.29 is 0 Å². The lowest BCUT2D eigenvalue weighted by atomic mass is 10.0. The predicted molar refractivity (Wildman–Crippen MR) is 105 cm³/mol. The third-order valence-corrected chi connectivity index (χ3v) is 4.70. The van der Waals surface area contributed by atoms with Gasteiger partial charge in [-0.05, 0) is 42.9 Å². The Hall–Kier alpha value is -2.95. The molecule has 0 saturated heterocycles. The smallest absolute Gasteiger partial charge is 0.244 e. The first-order valence-electron chi connectivity index (χ1n) is 9.23. The fourth-order valence-electron chi connectivity index (χ4n) is 3.41. The maximum atomic E-state index is 4.68. The van der Waals surface area contributed by atoms with Crippen LogP contribution >= 0.6 is 0 Å². The molecule has 0 radical (unpaired) electrons. The average molecular weight is 345 g/mol. The van der Waals surface area contributed by atoms with Crippen LogP contribution in [0.25, 0.3) is 0 Å². The first kappa shape index (κ1) is 16.5. The van der Waals surface area contributed by atoms with Gasteiger partial charge in [-0.1, -0.05) is 48.5 Å². The van der Waals surface area contributed by atoms with E-state index < -0.39 is 0 Å². The molecule has 1 aliphatic rings. The minimum atomic E-state index is 0.596. The largest absolute Gasteiger partial charge is 0.353 e. The Balaban J connectivity index is 1.40. The monoisotopic (exact) mass is 345 g/mol. The SMILES string of the molecule is c1ccc(CCCNc2nncc(N3CCCc4ccccc43)n2)cc1. The molecule has 0 fully saturated rings. The fraction of sp³-hybridized carbons (Fsp3) is 0.286. The molecule has 0 saturated carbocycles. The average Bonchev–Trinajstić information content (AvgIpc) is 2.72. The van der Waals surface area contributed by atoms with E-state index in [4.69, 9.17) is 0 Å². The lowest BCUT2D eigenvalue weighted by Gasteiger charge is -2.30. The molecule has 2 heterocycles. The molecule has 0 aliphatic carbocycles. The predicted octanol–water partition coefficient (Wildman–Crippen LogP) is 4.00. The second-order valence-corrected chi connectivity index (χ2v) is 6.54. The van der Waals surface area contributed by atoms with Crippen LogP contribution in [0, 0.1) is 0 Å². The van der Waals surface area contributed by atoms with Crippen molar-refractivity contribution in [1.82, 2.24) is 15.2 Å². The number of aromatic nitrogens is 3. The van der Waals surface area contributed by atoms with Gasteiger partial charge in [0.2, 0.25) is 5.95 Å². The topological polar surface area (TPSA) is 53.9 Å². The van der Waals surface area contributed by atoms with Gasteiger partial charge in [-0.15, -0.1) is 5.10 Å². The third-order valence-electron chi connectivity index (χ3n) is 4.70. The molecule has 0 atom stereocenters. The van der Waals surface area contributed by atoms with Crippen LogP contribution in [0.2, 0.25) is 0 Å². The van der Waals surface area contributed by atoms with Crippen molar-refractivity contribution in [2.45, 2.75) is 25.7 Å². The second kappa shape index (κ2) is 7.95. The highest BCUT2D eigenvalue weighted by Gasteiger charge is 2.19. The zero-order chi connectivity index (χ0) is 17.6. The highest BCUT2D eigenvalue weighted by Crippen LogP contribution is 2.31. The first-order chi connectivity index (χ1) is 12.9. The number of aryl methyl sites for hydroxylation is 2. The van der Waals surface area contributed by atoms with E-state index in [1.165, 1.54) is 16.8 Å². The van der Waals surface area contributed by atoms with Crippen LogP contribution in [-0.4, -0.2) is 28.3 Å². The number of nitrogens with one attached hydrogen (secondary N) is 1. The van der Waals surface area contributed by atoms with Gasteiger partial charge in [-0.2, -0.15) is 10.1 Å². The Labute approximate surface area is 154 Å². The van der Waals surface area contributed by atoms with Gasteiger partial charge in [-0.25, -0.2) is 0 Å². The summed E-state index contributed by atoms with van der Waals surface area (Å²) >= 11 is 0. The lowest BCUT2D eigenvalue weighted by molar-refractivity contribution is 0.753. The molecule has 4 rings (SSSR count). The zero-order valence-electron chi connectivity index (χ0n) is 14.8. The fourth-order valence-corrected chi connectivity index (χ4v) is 3.41. The van der Waals surface area contributed by atoms with Gasteiger partial charge in [0, 0.05) is 18.8 Å². The van der Waals surface area contributed by atoms with Crippen molar-refractivity contribution >= 4 is 17.5 Å². The van der Waals surface area contributed by atoms with Gasteiger partial charge >= 0.3 is 0 Å². The minimum Gasteiger partial charge on any atom is -0.353 e. The van der Waals surface area contributed by atoms with Gasteiger partial charge in [0.25, 0.3) is 0 Å². The normalized spacial score (nSPS) is 13.3. The first-order valence-corrected chi connectivity index (χ1v) is 9.23. The number of anilines is 3. The zero-order valence-corrected chi connectivity index (χ0v) is 14.8. The molecule has 26 heavy (non-hydrogen) atoms. The Kier molecular flexibility index (Phi) is 5.05. The van der Waals surface area contributed by atoms with E-state index in [0.717, 1.165) is 44.6 Å². The number of hydrogen-bond donors (Lipinski definition) is 1. The molecule has 5 nitrogen and oxygen atoms in total. The lowest BCUT2D eigenvalue weighted by Crippen LogP contribution is -2.26. The summed E-state index contributed by atoms with van der Waals surface area (Å²) in [5, 5.41) is 11.6. The third kappa shape index (κ3) is 3.82. The van der Waals surface area contributed by atoms with E-state index in [-0.39, 0.29) is 0 Å². The molecule has 0 bridgehead atoms. The summed E-state index contributed by atoms with van der Waals surface area (Å²) in [7, 11) is 0. The van der Waals surface area contributed by atoms with Gasteiger partial charge in [0.15, 0.2) is 5.82 Å². The molecule has 3 aromatic rings. The summed E-state index contributed by atoms with van der Waals surface area (Å²) < 4.78 is 0. The molecule has 1 N–H and O–H groups in total. The number of rotatable bonds is 6. The Morgan fingerprint density at radius 1 is 1.00 bits per heavy atom. The van der Waals surface area contributed by atoms with E-state index >= 15 is 0 Å². The minimum absolute atomic E-state index is 0.596. The maximum Gasteiger partial charge on any atom is 0.244 e. The summed E-state index contributed by atoms with van der Waals surface area (Å²) in [6.45, 7) is 1.79. The van der Waals surface area contributed by atoms with E-state index in [1.807, 2.05) is 6.07 Å². The Morgan fingerprint density at radius 3 is 2.77 bits per heavy atom. The van der Waals surface area contributed by atoms with Crippen molar-refractivity contribution in [2.75, 3.05) is 23.3 Å². The van der Waals surface area contributed by atoms with Crippen molar-refractivity contribution in [3.63, 3.8) is 0 Å². The van der Waals surface area contributed by atoms with Crippen LogP contribution < -0.4 is 10.2 Å². The highest BCUT2D eigenvalue weighted by molar-refractivity contribution is 5.65. The van der Waals surface area contributed by atoms with Gasteiger partial charge in [0.1, 0.15) is 0 Å². The summed E-state index contributed by atoms with van der Waals surface area (Å²) in [4.78, 5) is 6.92. The number of fused-ring (bicyclic) bond motifs is 1. The van der Waals surface area contributed by atoms with Crippen molar-refractivity contribution in [2.24, 2.45) is 0 Å². The van der Waals surface area contributed by atoms with Crippen LogP contribution in [0.5, 0.6) is 0 Å². The summed E-state index contributed by atoms with van der Waals surface area (Å²) in [6.07, 6.45) is 6.07. The second-order valence-electron chi connectivity index (χ2n) is 6.54. The van der Waals surface area contributed by atoms with Gasteiger partial charge < -0.3 is 10.2 Å². The van der Waals surface area contributed by atoms with Gasteiger partial charge in [0.05, 0.1) is 6.20 Å². The molecule has 2 aromatic carbocycles. The van der Waals surface area contributed by atoms with Crippen LogP contribution in [0.1, 0.15) is 24.0 Å². The van der Waals surface area contributed by atoms with E-state index in [0.29, 0.717) is 5.95 Å². The molecule has 0 spiro atoms. The molecule has 5 heteroatoms. The standard InChI is InChI=1S/C21H23N5/c1-2-8-17(9-3-1)10-6-14-22-21-24-20(16-23-25-21)26-15-7-12-18-11-4-5-13-19(18)26/h1-5,8-9,11,13,16H,6-7,10,12,14-15H2,(H,22,24,25). The molecule has 1 aliphatic heterocycles. The molecular formula is C21H23N5. The Bertz CT molecular complexity index is 850. The summed E-state index contributed by atoms with van der Waals surface area (Å²) in [5.74, 6) is 1.45. The number of benzene rings is 2. The van der Waals surface area contributed by atoms with Crippen LogP contribution in [0.15, 0.2) is 60.8 Å². The van der Waals surface area contributed by atoms with Crippen molar-refractivity contribution in [3.8, 4) is 0 Å². The van der Waals surface area contributed by atoms with Crippen LogP contribution in [0.4, 0.5) is 17.5 Å². The van der Waals surface area contributed by atoms with Crippen molar-refractivity contribution in [1.29, 1.82) is 0 Å². The molecule has 1 aromatic heterocycles. The maximum absolute atomic E-state index is 4.68. The van der Waals surface area contributed by atoms with E-state index in [9.17, 15) is 0 Å².